The van der Waals surface area contributed by atoms with Crippen LogP contribution in [0, 0.1) is 0 Å². The van der Waals surface area contributed by atoms with E-state index in [0.717, 1.165) is 12.0 Å². The van der Waals surface area contributed by atoms with Gasteiger partial charge in [0.05, 0.1) is 6.10 Å². The molecule has 1 nitrogen and oxygen atoms in total. The molecule has 1 rings (SSSR count). The predicted octanol–water partition coefficient (Wildman–Crippen LogP) is 3.62. The number of hydrogen-bond donors (Lipinski definition) is 1. The molecule has 0 aliphatic carbocycles. The first kappa shape index (κ1) is 11.7. The lowest BCUT2D eigenvalue weighted by atomic mass is 10.0. The smallest absolute Gasteiger partial charge is 0.0735 e. The summed E-state index contributed by atoms with van der Waals surface area (Å²) in [6, 6.07) is 10.2. The quantitative estimate of drug-likeness (QED) is 0.846. The summed E-state index contributed by atoms with van der Waals surface area (Å²) in [5, 5.41) is 9.58. The average molecular weight is 302 g/mol. The Bertz CT molecular complexity index is 314. The summed E-state index contributed by atoms with van der Waals surface area (Å²) in [6.45, 7) is 3.89. The van der Waals surface area contributed by atoms with Crippen molar-refractivity contribution in [1.29, 1.82) is 0 Å². The summed E-state index contributed by atoms with van der Waals surface area (Å²) in [7, 11) is 0. The van der Waals surface area contributed by atoms with Crippen molar-refractivity contribution in [3.05, 3.63) is 41.5 Å². The maximum Gasteiger partial charge on any atom is 0.0735 e. The summed E-state index contributed by atoms with van der Waals surface area (Å²) < 4.78 is 1.17. The van der Waals surface area contributed by atoms with Crippen LogP contribution in [0.2, 0.25) is 0 Å². The molecule has 1 N–H and O–H groups in total. The van der Waals surface area contributed by atoms with E-state index in [0.29, 0.717) is 0 Å². The first-order valence-corrected chi connectivity index (χ1v) is 5.86. The third-order valence-electron chi connectivity index (χ3n) is 2.19. The summed E-state index contributed by atoms with van der Waals surface area (Å²) in [6.07, 6.45) is 0.539. The van der Waals surface area contributed by atoms with Gasteiger partial charge in [-0.2, -0.15) is 0 Å². The van der Waals surface area contributed by atoms with Gasteiger partial charge in [-0.05, 0) is 47.1 Å². The van der Waals surface area contributed by atoms with Gasteiger partial charge >= 0.3 is 0 Å². The average Bonchev–Trinajstić information content (AvgIpc) is 2.19. The Morgan fingerprint density at radius 2 is 1.93 bits per heavy atom. The molecule has 76 valence electrons. The van der Waals surface area contributed by atoms with Crippen molar-refractivity contribution in [2.75, 3.05) is 0 Å². The second kappa shape index (κ2) is 5.51. The van der Waals surface area contributed by atoms with Gasteiger partial charge in [0.15, 0.2) is 0 Å². The standard InChI is InChI=1S/C12H15IO/c1-3-11(9(2)14)12(13)10-7-5-4-6-8-10/h4-9,14H,3H2,1-2H3/b12-11-. The van der Waals surface area contributed by atoms with Crippen LogP contribution in [0.15, 0.2) is 35.9 Å². The van der Waals surface area contributed by atoms with Crippen LogP contribution in [0.3, 0.4) is 0 Å². The van der Waals surface area contributed by atoms with Gasteiger partial charge < -0.3 is 5.11 Å². The highest BCUT2D eigenvalue weighted by Gasteiger charge is 2.09. The van der Waals surface area contributed by atoms with E-state index in [1.165, 1.54) is 9.14 Å². The molecule has 0 heterocycles. The van der Waals surface area contributed by atoms with Gasteiger partial charge in [0, 0.05) is 3.58 Å². The highest BCUT2D eigenvalue weighted by molar-refractivity contribution is 14.1. The highest BCUT2D eigenvalue weighted by atomic mass is 127. The van der Waals surface area contributed by atoms with Crippen LogP contribution in [0.25, 0.3) is 3.58 Å². The fraction of sp³-hybridized carbons (Fsp3) is 0.333. The van der Waals surface area contributed by atoms with Gasteiger partial charge in [-0.3, -0.25) is 0 Å². The van der Waals surface area contributed by atoms with Crippen LogP contribution >= 0.6 is 22.6 Å². The molecule has 1 aromatic carbocycles. The second-order valence-corrected chi connectivity index (χ2v) is 4.31. The van der Waals surface area contributed by atoms with Gasteiger partial charge in [0.1, 0.15) is 0 Å². The molecule has 0 amide bonds. The molecule has 0 saturated heterocycles. The number of halogens is 1. The van der Waals surface area contributed by atoms with E-state index in [2.05, 4.69) is 41.6 Å². The predicted molar refractivity (Wildman–Crippen MR) is 69.4 cm³/mol. The summed E-state index contributed by atoms with van der Waals surface area (Å²) >= 11 is 2.30. The molecule has 0 saturated carbocycles. The normalized spacial score (nSPS) is 14.9. The van der Waals surface area contributed by atoms with Crippen LogP contribution in [-0.4, -0.2) is 11.2 Å². The molecule has 0 aromatic heterocycles. The fourth-order valence-corrected chi connectivity index (χ4v) is 2.60. The highest BCUT2D eigenvalue weighted by Crippen LogP contribution is 2.28. The number of hydrogen-bond acceptors (Lipinski definition) is 1. The van der Waals surface area contributed by atoms with Gasteiger partial charge in [0.2, 0.25) is 0 Å². The third kappa shape index (κ3) is 2.82. The van der Waals surface area contributed by atoms with Gasteiger partial charge in [-0.1, -0.05) is 37.3 Å². The number of aliphatic hydroxyl groups excluding tert-OH is 1. The van der Waals surface area contributed by atoms with E-state index in [-0.39, 0.29) is 6.10 Å². The van der Waals surface area contributed by atoms with Crippen LogP contribution in [-0.2, 0) is 0 Å². The number of aliphatic hydroxyl groups is 1. The van der Waals surface area contributed by atoms with Gasteiger partial charge in [-0.15, -0.1) is 0 Å². The number of rotatable bonds is 3. The minimum Gasteiger partial charge on any atom is -0.389 e. The molecule has 0 bridgehead atoms. The van der Waals surface area contributed by atoms with Crippen molar-refractivity contribution < 1.29 is 5.11 Å². The Hall–Kier alpha value is -0.350. The minimum atomic E-state index is -0.355. The molecule has 2 heteroatoms. The third-order valence-corrected chi connectivity index (χ3v) is 3.51. The first-order chi connectivity index (χ1) is 6.66. The van der Waals surface area contributed by atoms with Crippen LogP contribution in [0.4, 0.5) is 0 Å². The van der Waals surface area contributed by atoms with E-state index < -0.39 is 0 Å². The van der Waals surface area contributed by atoms with Crippen molar-refractivity contribution in [2.24, 2.45) is 0 Å². The molecule has 1 atom stereocenters. The maximum atomic E-state index is 9.58. The van der Waals surface area contributed by atoms with Crippen LogP contribution < -0.4 is 0 Å². The van der Waals surface area contributed by atoms with Crippen molar-refractivity contribution in [3.63, 3.8) is 0 Å². The second-order valence-electron chi connectivity index (χ2n) is 3.23. The molecule has 0 radical (unpaired) electrons. The minimum absolute atomic E-state index is 0.355. The SMILES string of the molecule is CC/C(=C(/I)c1ccccc1)C(C)O. The van der Waals surface area contributed by atoms with Crippen molar-refractivity contribution in [2.45, 2.75) is 26.4 Å². The zero-order valence-electron chi connectivity index (χ0n) is 8.50. The Balaban J connectivity index is 3.08. The van der Waals surface area contributed by atoms with E-state index in [9.17, 15) is 5.11 Å². The zero-order valence-corrected chi connectivity index (χ0v) is 10.7. The van der Waals surface area contributed by atoms with E-state index in [4.69, 9.17) is 0 Å². The Morgan fingerprint density at radius 3 is 2.36 bits per heavy atom. The van der Waals surface area contributed by atoms with Gasteiger partial charge in [-0.25, -0.2) is 0 Å². The molecule has 0 fully saturated rings. The maximum absolute atomic E-state index is 9.58. The Labute approximate surface area is 99.0 Å². The first-order valence-electron chi connectivity index (χ1n) is 4.78. The largest absolute Gasteiger partial charge is 0.389 e. The summed E-state index contributed by atoms with van der Waals surface area (Å²) in [4.78, 5) is 0. The molecular weight excluding hydrogens is 287 g/mol. The van der Waals surface area contributed by atoms with Crippen LogP contribution in [0.5, 0.6) is 0 Å². The Morgan fingerprint density at radius 1 is 1.36 bits per heavy atom. The molecule has 1 aromatic rings. The number of benzene rings is 1. The molecule has 0 spiro atoms. The topological polar surface area (TPSA) is 20.2 Å². The molecular formula is C12H15IO. The Kier molecular flexibility index (Phi) is 4.62. The lowest BCUT2D eigenvalue weighted by molar-refractivity contribution is 0.229. The van der Waals surface area contributed by atoms with E-state index in [1.807, 2.05) is 25.1 Å². The van der Waals surface area contributed by atoms with Crippen molar-refractivity contribution >= 4 is 26.2 Å². The fourth-order valence-electron chi connectivity index (χ4n) is 1.40. The van der Waals surface area contributed by atoms with Crippen molar-refractivity contribution in [3.8, 4) is 0 Å². The molecule has 14 heavy (non-hydrogen) atoms. The van der Waals surface area contributed by atoms with Gasteiger partial charge in [0.25, 0.3) is 0 Å². The summed E-state index contributed by atoms with van der Waals surface area (Å²) in [5.41, 5.74) is 2.29. The molecule has 1 unspecified atom stereocenters. The van der Waals surface area contributed by atoms with Crippen LogP contribution in [0.1, 0.15) is 25.8 Å². The monoisotopic (exact) mass is 302 g/mol. The van der Waals surface area contributed by atoms with Crippen molar-refractivity contribution in [1.82, 2.24) is 0 Å². The molecule has 0 aliphatic rings. The molecule has 0 aliphatic heterocycles. The summed E-state index contributed by atoms with van der Waals surface area (Å²) in [5.74, 6) is 0. The zero-order chi connectivity index (χ0) is 10.6. The lowest BCUT2D eigenvalue weighted by Crippen LogP contribution is -2.04. The van der Waals surface area contributed by atoms with E-state index >= 15 is 0 Å². The lowest BCUT2D eigenvalue weighted by Gasteiger charge is -2.12. The van der Waals surface area contributed by atoms with E-state index in [1.54, 1.807) is 0 Å².